The molecule has 2 saturated heterocycles. The molecule has 0 bridgehead atoms. The second kappa shape index (κ2) is 11.2. The van der Waals surface area contributed by atoms with Crippen LogP contribution >= 0.6 is 23.3 Å². The van der Waals surface area contributed by atoms with E-state index in [2.05, 4.69) is 32.6 Å². The number of hydrogen-bond acceptors (Lipinski definition) is 7. The molecule has 0 radical (unpaired) electrons. The number of benzene rings is 1. The first-order chi connectivity index (χ1) is 15.2. The summed E-state index contributed by atoms with van der Waals surface area (Å²) in [5.41, 5.74) is -2.10. The lowest BCUT2D eigenvalue weighted by atomic mass is 9.95. The van der Waals surface area contributed by atoms with Crippen molar-refractivity contribution in [2.75, 3.05) is 64.4 Å². The SMILES string of the molecule is CC(O)(c1ccc(N2CCN(Sc3cccs3)CC2)cc1)C(F)(F)F.CN1CCOCC1. The van der Waals surface area contributed by atoms with Gasteiger partial charge < -0.3 is 19.6 Å². The number of piperazine rings is 1. The highest BCUT2D eigenvalue weighted by Crippen LogP contribution is 2.39. The van der Waals surface area contributed by atoms with Crippen molar-refractivity contribution in [3.63, 3.8) is 0 Å². The topological polar surface area (TPSA) is 39.2 Å². The van der Waals surface area contributed by atoms with Gasteiger partial charge in [0.25, 0.3) is 0 Å². The first-order valence-electron chi connectivity index (χ1n) is 10.5. The van der Waals surface area contributed by atoms with Gasteiger partial charge in [-0.2, -0.15) is 13.2 Å². The number of ether oxygens (including phenoxy) is 1. The number of alkyl halides is 3. The molecule has 1 N–H and O–H groups in total. The number of thiophene rings is 1. The fourth-order valence-corrected chi connectivity index (χ4v) is 5.14. The maximum atomic E-state index is 12.9. The summed E-state index contributed by atoms with van der Waals surface area (Å²) in [6.07, 6.45) is -4.70. The predicted molar refractivity (Wildman–Crippen MR) is 124 cm³/mol. The molecular formula is C22H30F3N3O2S2. The summed E-state index contributed by atoms with van der Waals surface area (Å²) in [5.74, 6) is 0. The van der Waals surface area contributed by atoms with Crippen molar-refractivity contribution in [1.82, 2.24) is 9.21 Å². The van der Waals surface area contributed by atoms with Gasteiger partial charge in [0.05, 0.1) is 17.4 Å². The number of likely N-dealkylation sites (N-methyl/N-ethyl adjacent to an activating group) is 1. The molecule has 2 aromatic rings. The van der Waals surface area contributed by atoms with Gasteiger partial charge >= 0.3 is 6.18 Å². The van der Waals surface area contributed by atoms with Crippen LogP contribution in [-0.2, 0) is 10.3 Å². The Hall–Kier alpha value is -1.30. The van der Waals surface area contributed by atoms with E-state index in [9.17, 15) is 18.3 Å². The number of anilines is 1. The number of aliphatic hydroxyl groups is 1. The Kier molecular flexibility index (Phi) is 8.88. The Morgan fingerprint density at radius 2 is 1.59 bits per heavy atom. The quantitative estimate of drug-likeness (QED) is 0.646. The first kappa shape index (κ1) is 25.3. The van der Waals surface area contributed by atoms with Crippen LogP contribution in [0, 0.1) is 0 Å². The Bertz CT molecular complexity index is 803. The molecule has 2 aliphatic heterocycles. The fraction of sp³-hybridized carbons (Fsp3) is 0.545. The Morgan fingerprint density at radius 3 is 2.06 bits per heavy atom. The third-order valence-corrected chi connectivity index (χ3v) is 7.65. The second-order valence-corrected chi connectivity index (χ2v) is 10.3. The van der Waals surface area contributed by atoms with Crippen molar-refractivity contribution >= 4 is 29.0 Å². The van der Waals surface area contributed by atoms with Gasteiger partial charge in [-0.05, 0) is 55.1 Å². The van der Waals surface area contributed by atoms with Crippen LogP contribution in [0.15, 0.2) is 46.0 Å². The minimum Gasteiger partial charge on any atom is -0.379 e. The van der Waals surface area contributed by atoms with Gasteiger partial charge in [-0.1, -0.05) is 18.2 Å². The number of morpholine rings is 1. The largest absolute Gasteiger partial charge is 0.421 e. The third kappa shape index (κ3) is 6.85. The molecule has 2 fully saturated rings. The van der Waals surface area contributed by atoms with Crippen molar-refractivity contribution in [2.45, 2.75) is 22.9 Å². The molecule has 2 aliphatic rings. The van der Waals surface area contributed by atoms with Gasteiger partial charge in [0, 0.05) is 45.0 Å². The molecule has 0 amide bonds. The van der Waals surface area contributed by atoms with Crippen LogP contribution < -0.4 is 4.90 Å². The highest BCUT2D eigenvalue weighted by Gasteiger charge is 2.51. The molecule has 4 rings (SSSR count). The van der Waals surface area contributed by atoms with E-state index in [-0.39, 0.29) is 5.56 Å². The van der Waals surface area contributed by atoms with Gasteiger partial charge in [-0.3, -0.25) is 0 Å². The standard InChI is InChI=1S/C17H19F3N2OS2.C5H11NO/c1-16(23,17(18,19)20)13-4-6-14(7-5-13)21-8-10-22(11-9-21)25-15-3-2-12-24-15;1-6-2-4-7-5-3-6/h2-7,12,23H,8-11H2,1H3;2-5H2,1H3. The molecule has 1 aromatic carbocycles. The zero-order chi connectivity index (χ0) is 23.2. The summed E-state index contributed by atoms with van der Waals surface area (Å²) < 4.78 is 47.4. The average molecular weight is 490 g/mol. The van der Waals surface area contributed by atoms with E-state index in [0.29, 0.717) is 0 Å². The Balaban J connectivity index is 0.000000352. The molecule has 0 saturated carbocycles. The van der Waals surface area contributed by atoms with Crippen LogP contribution in [0.1, 0.15) is 12.5 Å². The monoisotopic (exact) mass is 489 g/mol. The van der Waals surface area contributed by atoms with E-state index in [4.69, 9.17) is 4.74 Å². The molecular weight excluding hydrogens is 459 g/mol. The molecule has 1 atom stereocenters. The smallest absolute Gasteiger partial charge is 0.379 e. The van der Waals surface area contributed by atoms with Crippen LogP contribution in [0.4, 0.5) is 18.9 Å². The molecule has 5 nitrogen and oxygen atoms in total. The lowest BCUT2D eigenvalue weighted by Gasteiger charge is -2.35. The zero-order valence-corrected chi connectivity index (χ0v) is 20.0. The van der Waals surface area contributed by atoms with Crippen molar-refractivity contribution in [3.8, 4) is 0 Å². The van der Waals surface area contributed by atoms with Crippen molar-refractivity contribution in [3.05, 3.63) is 47.3 Å². The van der Waals surface area contributed by atoms with Crippen LogP contribution in [-0.4, -0.2) is 80.0 Å². The summed E-state index contributed by atoms with van der Waals surface area (Å²) in [5, 5.41) is 11.8. The normalized spacial score (nSPS) is 20.4. The zero-order valence-electron chi connectivity index (χ0n) is 18.3. The Labute approximate surface area is 195 Å². The van der Waals surface area contributed by atoms with E-state index in [0.717, 1.165) is 65.1 Å². The maximum absolute atomic E-state index is 12.9. The minimum atomic E-state index is -4.70. The number of halogens is 3. The molecule has 0 aliphatic carbocycles. The lowest BCUT2D eigenvalue weighted by molar-refractivity contribution is -0.258. The second-order valence-electron chi connectivity index (χ2n) is 7.97. The number of nitrogens with zero attached hydrogens (tertiary/aromatic N) is 3. The van der Waals surface area contributed by atoms with Crippen molar-refractivity contribution < 1.29 is 23.0 Å². The fourth-order valence-electron chi connectivity index (χ4n) is 3.30. The predicted octanol–water partition coefficient (Wildman–Crippen LogP) is 4.30. The molecule has 178 valence electrons. The van der Waals surface area contributed by atoms with E-state index in [1.807, 2.05) is 6.07 Å². The highest BCUT2D eigenvalue weighted by atomic mass is 32.2. The summed E-state index contributed by atoms with van der Waals surface area (Å²) >= 11 is 3.46. The Morgan fingerprint density at radius 1 is 0.969 bits per heavy atom. The number of rotatable bonds is 4. The molecule has 1 aromatic heterocycles. The highest BCUT2D eigenvalue weighted by molar-refractivity contribution is 7.98. The summed E-state index contributed by atoms with van der Waals surface area (Å²) in [6.45, 7) is 8.19. The molecule has 10 heteroatoms. The molecule has 3 heterocycles. The van der Waals surface area contributed by atoms with Gasteiger partial charge in [0.15, 0.2) is 5.60 Å². The average Bonchev–Trinajstić information content (AvgIpc) is 3.28. The van der Waals surface area contributed by atoms with E-state index >= 15 is 0 Å². The van der Waals surface area contributed by atoms with Gasteiger partial charge in [0.1, 0.15) is 0 Å². The van der Waals surface area contributed by atoms with Crippen LogP contribution in [0.5, 0.6) is 0 Å². The molecule has 0 spiro atoms. The van der Waals surface area contributed by atoms with Crippen LogP contribution in [0.3, 0.4) is 0 Å². The maximum Gasteiger partial charge on any atom is 0.421 e. The van der Waals surface area contributed by atoms with Gasteiger partial charge in [-0.25, -0.2) is 4.31 Å². The van der Waals surface area contributed by atoms with Gasteiger partial charge in [-0.15, -0.1) is 11.3 Å². The van der Waals surface area contributed by atoms with Gasteiger partial charge in [0.2, 0.25) is 0 Å². The molecule has 32 heavy (non-hydrogen) atoms. The summed E-state index contributed by atoms with van der Waals surface area (Å²) in [6, 6.07) is 10.1. The first-order valence-corrected chi connectivity index (χ1v) is 12.2. The van der Waals surface area contributed by atoms with Crippen molar-refractivity contribution in [2.24, 2.45) is 0 Å². The van der Waals surface area contributed by atoms with Crippen molar-refractivity contribution in [1.29, 1.82) is 0 Å². The van der Waals surface area contributed by atoms with Crippen LogP contribution in [0.2, 0.25) is 0 Å². The lowest BCUT2D eigenvalue weighted by Crippen LogP contribution is -2.43. The van der Waals surface area contributed by atoms with E-state index in [1.165, 1.54) is 16.3 Å². The summed E-state index contributed by atoms with van der Waals surface area (Å²) in [4.78, 5) is 4.42. The van der Waals surface area contributed by atoms with E-state index < -0.39 is 11.8 Å². The molecule has 1 unspecified atom stereocenters. The number of hydrogen-bond donors (Lipinski definition) is 1. The van der Waals surface area contributed by atoms with E-state index in [1.54, 1.807) is 35.4 Å². The van der Waals surface area contributed by atoms with Crippen LogP contribution in [0.25, 0.3) is 0 Å². The summed E-state index contributed by atoms with van der Waals surface area (Å²) in [7, 11) is 2.11. The minimum absolute atomic E-state index is 0.143. The third-order valence-electron chi connectivity index (χ3n) is 5.53.